The zero-order valence-corrected chi connectivity index (χ0v) is 26.9. The molecule has 0 heterocycles. The van der Waals surface area contributed by atoms with Crippen LogP contribution in [0, 0.1) is 46.3 Å². The highest BCUT2D eigenvalue weighted by Crippen LogP contribution is 2.69. The van der Waals surface area contributed by atoms with E-state index in [-0.39, 0.29) is 40.8 Å². The molecule has 1 aromatic rings. The van der Waals surface area contributed by atoms with Gasteiger partial charge in [-0.2, -0.15) is 0 Å². The van der Waals surface area contributed by atoms with Crippen molar-refractivity contribution in [1.82, 2.24) is 0 Å². The predicted octanol–water partition coefficient (Wildman–Crippen LogP) is 7.20. The van der Waals surface area contributed by atoms with E-state index in [4.69, 9.17) is 14.2 Å². The maximum absolute atomic E-state index is 13.1. The molecule has 0 aliphatic heterocycles. The van der Waals surface area contributed by atoms with Crippen molar-refractivity contribution in [3.05, 3.63) is 35.4 Å². The van der Waals surface area contributed by atoms with Crippen molar-refractivity contribution in [2.45, 2.75) is 111 Å². The highest BCUT2D eigenvalue weighted by molar-refractivity contribution is 5.97. The number of rotatable bonds is 8. The van der Waals surface area contributed by atoms with Crippen LogP contribution in [-0.2, 0) is 23.8 Å². The number of Topliss-reactive ketones (excluding diaryl/α,β-unsaturated/α-hetero) is 1. The van der Waals surface area contributed by atoms with E-state index in [0.29, 0.717) is 53.1 Å². The summed E-state index contributed by atoms with van der Waals surface area (Å²) in [4.78, 5) is 48.9. The molecule has 4 fully saturated rings. The van der Waals surface area contributed by atoms with Crippen LogP contribution in [0.15, 0.2) is 24.3 Å². The van der Waals surface area contributed by atoms with Crippen molar-refractivity contribution in [1.29, 1.82) is 0 Å². The van der Waals surface area contributed by atoms with Crippen LogP contribution in [0.25, 0.3) is 0 Å². The van der Waals surface area contributed by atoms with Gasteiger partial charge in [-0.1, -0.05) is 32.9 Å². The van der Waals surface area contributed by atoms with Crippen molar-refractivity contribution in [3.8, 4) is 0 Å². The number of benzene rings is 1. The van der Waals surface area contributed by atoms with Gasteiger partial charge in [0.25, 0.3) is 0 Å². The number of methoxy groups -OCH3 is 1. The lowest BCUT2D eigenvalue weighted by atomic mass is 9.43. The molecular weight excluding hydrogens is 544 g/mol. The number of esters is 3. The topological polar surface area (TPSA) is 96.0 Å². The molecule has 43 heavy (non-hydrogen) atoms. The molecule has 4 aliphatic carbocycles. The molecular formula is C36H50O7. The van der Waals surface area contributed by atoms with Crippen LogP contribution in [0.1, 0.15) is 120 Å². The van der Waals surface area contributed by atoms with E-state index in [9.17, 15) is 19.2 Å². The van der Waals surface area contributed by atoms with Gasteiger partial charge in [-0.3, -0.25) is 14.4 Å². The van der Waals surface area contributed by atoms with E-state index < -0.39 is 5.97 Å². The minimum absolute atomic E-state index is 0.0378. The summed E-state index contributed by atoms with van der Waals surface area (Å²) in [5.74, 6) is 1.94. The summed E-state index contributed by atoms with van der Waals surface area (Å²) in [5.41, 5.74) is 1.40. The third-order valence-electron chi connectivity index (χ3n) is 12.5. The molecule has 0 unspecified atom stereocenters. The lowest BCUT2D eigenvalue weighted by molar-refractivity contribution is -0.197. The van der Waals surface area contributed by atoms with Crippen LogP contribution in [0.3, 0.4) is 0 Å². The number of carbonyl (C=O) groups is 4. The van der Waals surface area contributed by atoms with E-state index in [0.717, 1.165) is 51.4 Å². The average molecular weight is 595 g/mol. The van der Waals surface area contributed by atoms with Crippen LogP contribution in [0.2, 0.25) is 0 Å². The Labute approximate surface area is 256 Å². The van der Waals surface area contributed by atoms with E-state index in [1.165, 1.54) is 27.4 Å². The Kier molecular flexibility index (Phi) is 9.12. The number of carbonyl (C=O) groups excluding carboxylic acids is 4. The normalized spacial score (nSPS) is 37.2. The molecule has 0 aromatic heterocycles. The molecule has 0 N–H and O–H groups in total. The standard InChI is InChI=1S/C36H50O7/c1-21(7-14-31(39)24-8-10-25(11-9-24)34(40)41-6)28-12-13-29-33-30(16-18-36(28,29)5)35(4)17-15-27(42-22(2)37)19-26(35)20-32(33)43-23(3)38/h8-11,21,26-30,32-33H,7,12-20H2,1-6H3/t21-,26+,27-,28-,29+,30+,32-,33+,35+,36-/m1/s1. The van der Waals surface area contributed by atoms with E-state index in [1.54, 1.807) is 24.3 Å². The number of hydrogen-bond acceptors (Lipinski definition) is 7. The van der Waals surface area contributed by atoms with E-state index in [2.05, 4.69) is 20.8 Å². The summed E-state index contributed by atoms with van der Waals surface area (Å²) >= 11 is 0. The van der Waals surface area contributed by atoms with Gasteiger partial charge in [0.1, 0.15) is 12.2 Å². The summed E-state index contributed by atoms with van der Waals surface area (Å²) in [5, 5.41) is 0. The van der Waals surface area contributed by atoms with Gasteiger partial charge >= 0.3 is 17.9 Å². The van der Waals surface area contributed by atoms with Crippen LogP contribution in [0.5, 0.6) is 0 Å². The lowest BCUT2D eigenvalue weighted by Crippen LogP contribution is -2.59. The molecule has 0 bridgehead atoms. The number of hydrogen-bond donors (Lipinski definition) is 0. The summed E-state index contributed by atoms with van der Waals surface area (Å²) in [6.45, 7) is 10.3. The summed E-state index contributed by atoms with van der Waals surface area (Å²) in [6.07, 6.45) is 9.46. The molecule has 1 aromatic carbocycles. The Morgan fingerprint density at radius 1 is 0.837 bits per heavy atom. The fourth-order valence-corrected chi connectivity index (χ4v) is 10.4. The zero-order chi connectivity index (χ0) is 31.1. The molecule has 4 saturated carbocycles. The van der Waals surface area contributed by atoms with Gasteiger partial charge in [0.05, 0.1) is 12.7 Å². The molecule has 10 atom stereocenters. The van der Waals surface area contributed by atoms with E-state index >= 15 is 0 Å². The predicted molar refractivity (Wildman–Crippen MR) is 162 cm³/mol. The molecule has 7 heteroatoms. The van der Waals surface area contributed by atoms with Crippen LogP contribution >= 0.6 is 0 Å². The first-order valence-corrected chi connectivity index (χ1v) is 16.4. The van der Waals surface area contributed by atoms with Crippen molar-refractivity contribution in [3.63, 3.8) is 0 Å². The highest BCUT2D eigenvalue weighted by Gasteiger charge is 2.64. The second-order valence-electron chi connectivity index (χ2n) is 14.6. The molecule has 5 rings (SSSR count). The van der Waals surface area contributed by atoms with Gasteiger partial charge in [-0.15, -0.1) is 0 Å². The minimum Gasteiger partial charge on any atom is -0.465 e. The molecule has 0 spiro atoms. The quantitative estimate of drug-likeness (QED) is 0.178. The zero-order valence-electron chi connectivity index (χ0n) is 26.9. The molecule has 236 valence electrons. The maximum Gasteiger partial charge on any atom is 0.337 e. The van der Waals surface area contributed by atoms with Crippen LogP contribution < -0.4 is 0 Å². The van der Waals surface area contributed by atoms with Crippen LogP contribution in [0.4, 0.5) is 0 Å². The third-order valence-corrected chi connectivity index (χ3v) is 12.5. The number of fused-ring (bicyclic) bond motifs is 5. The monoisotopic (exact) mass is 594 g/mol. The Morgan fingerprint density at radius 2 is 1.47 bits per heavy atom. The summed E-state index contributed by atoms with van der Waals surface area (Å²) in [7, 11) is 1.35. The third kappa shape index (κ3) is 6.02. The summed E-state index contributed by atoms with van der Waals surface area (Å²) < 4.78 is 16.6. The first kappa shape index (κ1) is 31.7. The lowest BCUT2D eigenvalue weighted by Gasteiger charge is -2.62. The fourth-order valence-electron chi connectivity index (χ4n) is 10.4. The second-order valence-corrected chi connectivity index (χ2v) is 14.6. The van der Waals surface area contributed by atoms with Crippen molar-refractivity contribution in [2.75, 3.05) is 7.11 Å². The molecule has 7 nitrogen and oxygen atoms in total. The van der Waals surface area contributed by atoms with Gasteiger partial charge in [-0.25, -0.2) is 4.79 Å². The first-order valence-electron chi connectivity index (χ1n) is 16.4. The SMILES string of the molecule is COC(=O)c1ccc(C(=O)CC[C@@H](C)[C@H]2CC[C@H]3[C@@H]4[C@H](OC(C)=O)C[C@@H]5C[C@H](OC(C)=O)CC[C@]5(C)[C@H]4CC[C@]23C)cc1. The van der Waals surface area contributed by atoms with Gasteiger partial charge in [-0.05, 0) is 110 Å². The van der Waals surface area contributed by atoms with Gasteiger partial charge in [0.15, 0.2) is 5.78 Å². The Hall–Kier alpha value is -2.70. The Balaban J connectivity index is 1.29. The molecule has 0 saturated heterocycles. The smallest absolute Gasteiger partial charge is 0.337 e. The maximum atomic E-state index is 13.1. The average Bonchev–Trinajstić information content (AvgIpc) is 3.32. The van der Waals surface area contributed by atoms with Crippen molar-refractivity contribution >= 4 is 23.7 Å². The van der Waals surface area contributed by atoms with E-state index in [1.807, 2.05) is 0 Å². The van der Waals surface area contributed by atoms with Crippen molar-refractivity contribution < 1.29 is 33.4 Å². The first-order chi connectivity index (χ1) is 20.4. The summed E-state index contributed by atoms with van der Waals surface area (Å²) in [6, 6.07) is 6.75. The minimum atomic E-state index is -0.403. The van der Waals surface area contributed by atoms with Gasteiger partial charge in [0.2, 0.25) is 0 Å². The number of ether oxygens (including phenoxy) is 3. The number of ketones is 1. The Bertz CT molecular complexity index is 1220. The Morgan fingerprint density at radius 3 is 2.12 bits per heavy atom. The second kappa shape index (κ2) is 12.4. The highest BCUT2D eigenvalue weighted by atomic mass is 16.5. The van der Waals surface area contributed by atoms with Gasteiger partial charge in [0, 0.05) is 31.7 Å². The molecule has 0 radical (unpaired) electrons. The molecule has 4 aliphatic rings. The van der Waals surface area contributed by atoms with Gasteiger partial charge < -0.3 is 14.2 Å². The fraction of sp³-hybridized carbons (Fsp3) is 0.722. The largest absolute Gasteiger partial charge is 0.465 e. The molecule has 0 amide bonds. The van der Waals surface area contributed by atoms with Crippen LogP contribution in [-0.4, -0.2) is 43.0 Å². The van der Waals surface area contributed by atoms with Crippen molar-refractivity contribution in [2.24, 2.45) is 46.3 Å².